The van der Waals surface area contributed by atoms with Gasteiger partial charge in [-0.25, -0.2) is 12.8 Å². The minimum atomic E-state index is -4.48. The summed E-state index contributed by atoms with van der Waals surface area (Å²) in [6.07, 6.45) is -3.13. The fraction of sp³-hybridized carbons (Fsp3) is 0.250. The Morgan fingerprint density at radius 2 is 1.77 bits per heavy atom. The predicted octanol–water partition coefficient (Wildman–Crippen LogP) is 6.74. The lowest BCUT2D eigenvalue weighted by Crippen LogP contribution is -2.40. The number of hydrogen-bond donors (Lipinski definition) is 0. The smallest absolute Gasteiger partial charge is 0.416 e. The molecule has 0 amide bonds. The predicted molar refractivity (Wildman–Crippen MR) is 134 cm³/mol. The molecule has 0 N–H and O–H groups in total. The summed E-state index contributed by atoms with van der Waals surface area (Å²) in [4.78, 5) is 13.0. The molecule has 0 radical (unpaired) electrons. The second-order valence-electron chi connectivity index (χ2n) is 9.26. The van der Waals surface area contributed by atoms with Crippen LogP contribution < -0.4 is 4.74 Å². The van der Waals surface area contributed by atoms with Gasteiger partial charge in [-0.2, -0.15) is 17.5 Å². The molecule has 1 aromatic heterocycles. The first-order valence-electron chi connectivity index (χ1n) is 12.2. The van der Waals surface area contributed by atoms with Gasteiger partial charge in [0, 0.05) is 24.4 Å². The van der Waals surface area contributed by atoms with E-state index in [1.165, 1.54) is 36.4 Å². The van der Waals surface area contributed by atoms with Crippen molar-refractivity contribution in [3.63, 3.8) is 0 Å². The van der Waals surface area contributed by atoms with Gasteiger partial charge in [0.15, 0.2) is 5.78 Å². The van der Waals surface area contributed by atoms with Gasteiger partial charge in [0.05, 0.1) is 11.6 Å². The zero-order valence-electron chi connectivity index (χ0n) is 20.4. The number of nitrogens with zero attached hydrogens (tertiary/aromatic N) is 1. The molecule has 3 aromatic carbocycles. The van der Waals surface area contributed by atoms with Crippen LogP contribution in [-0.4, -0.2) is 31.1 Å². The van der Waals surface area contributed by atoms with E-state index in [0.717, 1.165) is 22.0 Å². The number of fused-ring (bicyclic) bond motifs is 1. The molecular weight excluding hydrogens is 538 g/mol. The van der Waals surface area contributed by atoms with Crippen LogP contribution in [0.3, 0.4) is 0 Å². The highest BCUT2D eigenvalue weighted by molar-refractivity contribution is 7.89. The van der Waals surface area contributed by atoms with Gasteiger partial charge < -0.3 is 9.15 Å². The van der Waals surface area contributed by atoms with Gasteiger partial charge >= 0.3 is 6.18 Å². The molecule has 5 rings (SSSR count). The third kappa shape index (κ3) is 5.84. The lowest BCUT2D eigenvalue weighted by Gasteiger charge is -2.21. The third-order valence-corrected chi connectivity index (χ3v) is 8.34. The van der Waals surface area contributed by atoms with Gasteiger partial charge in [-0.05, 0) is 73.4 Å². The van der Waals surface area contributed by atoms with Crippen molar-refractivity contribution in [2.45, 2.75) is 43.0 Å². The number of rotatable bonds is 8. The highest BCUT2D eigenvalue weighted by Crippen LogP contribution is 2.33. The maximum Gasteiger partial charge on any atom is 0.416 e. The van der Waals surface area contributed by atoms with Crippen LogP contribution in [0.1, 0.15) is 30.4 Å². The van der Waals surface area contributed by atoms with Gasteiger partial charge in [-0.3, -0.25) is 4.79 Å². The van der Waals surface area contributed by atoms with Crippen molar-refractivity contribution in [1.29, 1.82) is 0 Å². The second-order valence-corrected chi connectivity index (χ2v) is 11.1. The first-order chi connectivity index (χ1) is 18.5. The second kappa shape index (κ2) is 10.5. The van der Waals surface area contributed by atoms with Crippen molar-refractivity contribution in [2.24, 2.45) is 0 Å². The lowest BCUT2D eigenvalue weighted by molar-refractivity contribution is -0.137. The molecule has 204 valence electrons. The summed E-state index contributed by atoms with van der Waals surface area (Å²) in [7, 11) is -4.10. The van der Waals surface area contributed by atoms with E-state index in [1.807, 2.05) is 0 Å². The largest absolute Gasteiger partial charge is 0.457 e. The number of carbonyl (C=O) groups excluding carboxylic acids is 1. The normalized spacial score (nSPS) is 16.6. The Kier molecular flexibility index (Phi) is 7.21. The molecule has 0 spiro atoms. The number of furan rings is 1. The van der Waals surface area contributed by atoms with E-state index >= 15 is 0 Å². The highest BCUT2D eigenvalue weighted by Gasteiger charge is 2.40. The SMILES string of the molecule is O=C(CCc1ccc(Oc2cccc(C(F)(F)F)c2)cc1)C1CCCN1S(=O)(=O)c1cc2cc(F)ccc2o1. The van der Waals surface area contributed by atoms with Crippen molar-refractivity contribution in [3.05, 3.63) is 89.7 Å². The quantitative estimate of drug-likeness (QED) is 0.223. The molecule has 0 bridgehead atoms. The van der Waals surface area contributed by atoms with Crippen LogP contribution in [0.15, 0.2) is 82.3 Å². The lowest BCUT2D eigenvalue weighted by atomic mass is 10.0. The summed E-state index contributed by atoms with van der Waals surface area (Å²) in [5.74, 6) is -0.368. The van der Waals surface area contributed by atoms with Crippen LogP contribution in [0.5, 0.6) is 11.5 Å². The standard InChI is InChI=1S/C28H23F4NO5S/c29-21-9-13-26-19(15-21)16-27(38-26)39(35,36)33-14-2-5-24(33)25(34)12-8-18-6-10-22(11-7-18)37-23-4-1-3-20(17-23)28(30,31)32/h1,3-4,6-7,9-11,13,15-17,24H,2,5,8,12,14H2. The molecule has 1 saturated heterocycles. The number of carbonyl (C=O) groups is 1. The number of hydrogen-bond acceptors (Lipinski definition) is 5. The van der Waals surface area contributed by atoms with Gasteiger partial charge in [0.2, 0.25) is 5.09 Å². The summed E-state index contributed by atoms with van der Waals surface area (Å²) >= 11 is 0. The van der Waals surface area contributed by atoms with E-state index in [0.29, 0.717) is 30.4 Å². The highest BCUT2D eigenvalue weighted by atomic mass is 32.2. The van der Waals surface area contributed by atoms with E-state index in [2.05, 4.69) is 0 Å². The number of benzene rings is 3. The number of alkyl halides is 3. The third-order valence-electron chi connectivity index (χ3n) is 6.57. The summed E-state index contributed by atoms with van der Waals surface area (Å²) in [5, 5.41) is -0.0182. The van der Waals surface area contributed by atoms with Gasteiger partial charge in [-0.15, -0.1) is 0 Å². The first-order valence-corrected chi connectivity index (χ1v) is 13.6. The number of ketones is 1. The van der Waals surface area contributed by atoms with Crippen molar-refractivity contribution in [1.82, 2.24) is 4.31 Å². The van der Waals surface area contributed by atoms with Crippen LogP contribution in [0.25, 0.3) is 11.0 Å². The molecule has 39 heavy (non-hydrogen) atoms. The van der Waals surface area contributed by atoms with Crippen LogP contribution in [0.4, 0.5) is 17.6 Å². The van der Waals surface area contributed by atoms with Crippen molar-refractivity contribution >= 4 is 26.8 Å². The zero-order valence-corrected chi connectivity index (χ0v) is 21.3. The Morgan fingerprint density at radius 1 is 1.00 bits per heavy atom. The number of sulfonamides is 1. The maximum absolute atomic E-state index is 13.5. The minimum absolute atomic E-state index is 0.0462. The molecule has 6 nitrogen and oxygen atoms in total. The summed E-state index contributed by atoms with van der Waals surface area (Å²) in [5.41, 5.74) is 0.205. The number of Topliss-reactive ketones (excluding diaryl/α,β-unsaturated/α-hetero) is 1. The number of halogens is 4. The van der Waals surface area contributed by atoms with Gasteiger partial charge in [0.25, 0.3) is 10.0 Å². The summed E-state index contributed by atoms with van der Waals surface area (Å²) in [6, 6.07) is 15.3. The number of ether oxygens (including phenoxy) is 1. The van der Waals surface area contributed by atoms with Gasteiger partial charge in [-0.1, -0.05) is 18.2 Å². The molecule has 1 unspecified atom stereocenters. The first kappa shape index (κ1) is 26.9. The maximum atomic E-state index is 13.5. The molecule has 11 heteroatoms. The Hall–Kier alpha value is -3.70. The topological polar surface area (TPSA) is 76.8 Å². The molecule has 0 aliphatic carbocycles. The molecule has 1 aliphatic rings. The molecule has 2 heterocycles. The monoisotopic (exact) mass is 561 g/mol. The van der Waals surface area contributed by atoms with E-state index in [9.17, 15) is 30.8 Å². The van der Waals surface area contributed by atoms with Crippen molar-refractivity contribution in [2.75, 3.05) is 6.54 Å². The summed E-state index contributed by atoms with van der Waals surface area (Å²) < 4.78 is 90.9. The molecule has 1 atom stereocenters. The minimum Gasteiger partial charge on any atom is -0.457 e. The molecule has 1 aliphatic heterocycles. The van der Waals surface area contributed by atoms with E-state index < -0.39 is 33.6 Å². The van der Waals surface area contributed by atoms with Crippen molar-refractivity contribution < 1.29 is 39.9 Å². The average Bonchev–Trinajstić information content (AvgIpc) is 3.56. The Balaban J connectivity index is 1.22. The van der Waals surface area contributed by atoms with Crippen LogP contribution in [0, 0.1) is 5.82 Å². The van der Waals surface area contributed by atoms with E-state index in [4.69, 9.17) is 9.15 Å². The molecular formula is C28H23F4NO5S. The zero-order chi connectivity index (χ0) is 27.8. The molecule has 1 fully saturated rings. The average molecular weight is 562 g/mol. The fourth-order valence-electron chi connectivity index (χ4n) is 4.61. The Labute approximate surface area is 221 Å². The molecule has 4 aromatic rings. The number of aryl methyl sites for hydroxylation is 1. The van der Waals surface area contributed by atoms with Gasteiger partial charge in [0.1, 0.15) is 22.9 Å². The molecule has 0 saturated carbocycles. The Morgan fingerprint density at radius 3 is 2.51 bits per heavy atom. The van der Waals surface area contributed by atoms with Crippen LogP contribution in [0.2, 0.25) is 0 Å². The Bertz CT molecular complexity index is 1610. The summed E-state index contributed by atoms with van der Waals surface area (Å²) in [6.45, 7) is 0.172. The van der Waals surface area contributed by atoms with Crippen molar-refractivity contribution in [3.8, 4) is 11.5 Å². The fourth-order valence-corrected chi connectivity index (χ4v) is 6.24. The van der Waals surface area contributed by atoms with E-state index in [1.54, 1.807) is 24.3 Å². The van der Waals surface area contributed by atoms with E-state index in [-0.39, 0.29) is 35.2 Å². The van der Waals surface area contributed by atoms with Crippen LogP contribution >= 0.6 is 0 Å². The van der Waals surface area contributed by atoms with Crippen LogP contribution in [-0.2, 0) is 27.4 Å².